The first-order chi connectivity index (χ1) is 7.25. The molecule has 0 fully saturated rings. The largest absolute Gasteiger partial charge is 0.493 e. The predicted molar refractivity (Wildman–Crippen MR) is 58.1 cm³/mol. The molecular formula is C11H8N2O2. The highest BCUT2D eigenvalue weighted by molar-refractivity contribution is 6.08. The smallest absolute Gasteiger partial charge is 0.251 e. The van der Waals surface area contributed by atoms with Crippen LogP contribution in [0.5, 0.6) is 5.88 Å². The molecule has 0 aliphatic rings. The highest BCUT2D eigenvalue weighted by Crippen LogP contribution is 2.27. The zero-order valence-electron chi connectivity index (χ0n) is 7.74. The van der Waals surface area contributed by atoms with Gasteiger partial charge in [0.05, 0.1) is 0 Å². The van der Waals surface area contributed by atoms with Gasteiger partial charge in [-0.25, -0.2) is 0 Å². The Bertz CT molecular complexity index is 709. The monoisotopic (exact) mass is 200 g/mol. The predicted octanol–water partition coefficient (Wildman–Crippen LogP) is 1.71. The van der Waals surface area contributed by atoms with Crippen LogP contribution in [-0.2, 0) is 0 Å². The van der Waals surface area contributed by atoms with Gasteiger partial charge in [0.1, 0.15) is 5.52 Å². The van der Waals surface area contributed by atoms with Gasteiger partial charge in [-0.3, -0.25) is 9.78 Å². The Hall–Kier alpha value is -2.23. The van der Waals surface area contributed by atoms with Gasteiger partial charge in [-0.2, -0.15) is 0 Å². The van der Waals surface area contributed by atoms with E-state index in [9.17, 15) is 9.90 Å². The molecule has 0 aliphatic carbocycles. The highest BCUT2D eigenvalue weighted by Gasteiger charge is 2.07. The third kappa shape index (κ3) is 1.05. The molecule has 0 spiro atoms. The van der Waals surface area contributed by atoms with Crippen molar-refractivity contribution in [1.29, 1.82) is 0 Å². The number of pyridine rings is 1. The first kappa shape index (κ1) is 8.11. The second-order valence-electron chi connectivity index (χ2n) is 3.44. The fourth-order valence-electron chi connectivity index (χ4n) is 1.85. The minimum Gasteiger partial charge on any atom is -0.493 e. The Morgan fingerprint density at radius 3 is 2.73 bits per heavy atom. The number of H-pyrrole nitrogens is 2. The Balaban J connectivity index is 2.66. The third-order valence-electron chi connectivity index (χ3n) is 2.50. The van der Waals surface area contributed by atoms with Crippen molar-refractivity contribution in [2.75, 3.05) is 0 Å². The van der Waals surface area contributed by atoms with Crippen LogP contribution in [0, 0.1) is 0 Å². The number of aromatic hydroxyl groups is 1. The summed E-state index contributed by atoms with van der Waals surface area (Å²) in [5.41, 5.74) is 1.17. The van der Waals surface area contributed by atoms with Crippen molar-refractivity contribution in [3.8, 4) is 5.88 Å². The van der Waals surface area contributed by atoms with Gasteiger partial charge in [0.25, 0.3) is 5.56 Å². The first-order valence-corrected chi connectivity index (χ1v) is 4.58. The molecule has 1 aromatic carbocycles. The quantitative estimate of drug-likeness (QED) is 0.517. The normalized spacial score (nSPS) is 11.2. The van der Waals surface area contributed by atoms with Crippen LogP contribution in [0.25, 0.3) is 21.8 Å². The van der Waals surface area contributed by atoms with Crippen molar-refractivity contribution in [1.82, 2.24) is 9.97 Å². The average molecular weight is 200 g/mol. The minimum absolute atomic E-state index is 0.117. The summed E-state index contributed by atoms with van der Waals surface area (Å²) in [5, 5.41) is 11.2. The van der Waals surface area contributed by atoms with Crippen LogP contribution in [0.3, 0.4) is 0 Å². The summed E-state index contributed by atoms with van der Waals surface area (Å²) in [6.45, 7) is 0. The number of aromatic nitrogens is 2. The van der Waals surface area contributed by atoms with E-state index < -0.39 is 0 Å². The lowest BCUT2D eigenvalue weighted by Gasteiger charge is -1.92. The Labute approximate surface area is 84.2 Å². The summed E-state index contributed by atoms with van der Waals surface area (Å²) in [6, 6.07) is 9.09. The van der Waals surface area contributed by atoms with Crippen molar-refractivity contribution >= 4 is 21.8 Å². The van der Waals surface area contributed by atoms with Gasteiger partial charge >= 0.3 is 0 Å². The Kier molecular flexibility index (Phi) is 1.42. The maximum atomic E-state index is 11.2. The molecule has 0 atom stereocenters. The molecule has 0 radical (unpaired) electrons. The van der Waals surface area contributed by atoms with E-state index in [1.54, 1.807) is 0 Å². The molecule has 3 rings (SSSR count). The molecule has 0 unspecified atom stereocenters. The standard InChI is InChI=1S/C11H8N2O2/c14-9-5-7-6-3-1-2-4-8(6)12-10(7)11(15)13-9/h1-5,12H,(H2,13,14,15). The maximum absolute atomic E-state index is 11.2. The van der Waals surface area contributed by atoms with Gasteiger partial charge in [-0.1, -0.05) is 18.2 Å². The number of aromatic amines is 2. The number of nitrogens with one attached hydrogen (secondary N) is 2. The molecule has 4 heteroatoms. The van der Waals surface area contributed by atoms with Crippen LogP contribution >= 0.6 is 0 Å². The summed E-state index contributed by atoms with van der Waals surface area (Å²) >= 11 is 0. The molecule has 15 heavy (non-hydrogen) atoms. The lowest BCUT2D eigenvalue weighted by atomic mass is 10.2. The number of hydrogen-bond acceptors (Lipinski definition) is 2. The summed E-state index contributed by atoms with van der Waals surface area (Å²) in [4.78, 5) is 16.6. The molecule has 2 aromatic heterocycles. The molecule has 0 bridgehead atoms. The molecule has 3 aromatic rings. The first-order valence-electron chi connectivity index (χ1n) is 4.58. The van der Waals surface area contributed by atoms with Crippen LogP contribution in [0.4, 0.5) is 0 Å². The van der Waals surface area contributed by atoms with Crippen molar-refractivity contribution in [2.45, 2.75) is 0 Å². The number of fused-ring (bicyclic) bond motifs is 3. The molecular weight excluding hydrogens is 192 g/mol. The molecule has 0 amide bonds. The summed E-state index contributed by atoms with van der Waals surface area (Å²) in [7, 11) is 0. The molecule has 0 saturated heterocycles. The lowest BCUT2D eigenvalue weighted by molar-refractivity contribution is 0.457. The Morgan fingerprint density at radius 2 is 1.87 bits per heavy atom. The van der Waals surface area contributed by atoms with Crippen LogP contribution in [0.2, 0.25) is 0 Å². The van der Waals surface area contributed by atoms with Gasteiger partial charge in [0.2, 0.25) is 5.88 Å². The van der Waals surface area contributed by atoms with Crippen LogP contribution in [-0.4, -0.2) is 15.1 Å². The van der Waals surface area contributed by atoms with E-state index in [0.29, 0.717) is 5.52 Å². The molecule has 4 nitrogen and oxygen atoms in total. The SMILES string of the molecule is O=c1cc2c([nH]c3ccccc32)c(O)[nH]1. The van der Waals surface area contributed by atoms with E-state index in [0.717, 1.165) is 16.3 Å². The highest BCUT2D eigenvalue weighted by atomic mass is 16.3. The van der Waals surface area contributed by atoms with Gasteiger partial charge < -0.3 is 10.1 Å². The summed E-state index contributed by atoms with van der Waals surface area (Å²) in [5.74, 6) is -0.117. The second kappa shape index (κ2) is 2.63. The number of benzene rings is 1. The zero-order chi connectivity index (χ0) is 10.4. The van der Waals surface area contributed by atoms with Gasteiger partial charge in [-0.05, 0) is 6.07 Å². The maximum Gasteiger partial charge on any atom is 0.251 e. The van der Waals surface area contributed by atoms with Crippen molar-refractivity contribution in [2.24, 2.45) is 0 Å². The number of rotatable bonds is 0. The van der Waals surface area contributed by atoms with E-state index in [1.165, 1.54) is 6.07 Å². The van der Waals surface area contributed by atoms with E-state index in [2.05, 4.69) is 9.97 Å². The molecule has 2 heterocycles. The van der Waals surface area contributed by atoms with Crippen LogP contribution in [0.15, 0.2) is 35.1 Å². The second-order valence-corrected chi connectivity index (χ2v) is 3.44. The average Bonchev–Trinajstić information content (AvgIpc) is 2.57. The van der Waals surface area contributed by atoms with Gasteiger partial charge in [0, 0.05) is 22.4 Å². The minimum atomic E-state index is -0.301. The van der Waals surface area contributed by atoms with Gasteiger partial charge in [0.15, 0.2) is 0 Å². The van der Waals surface area contributed by atoms with E-state index >= 15 is 0 Å². The third-order valence-corrected chi connectivity index (χ3v) is 2.50. The zero-order valence-corrected chi connectivity index (χ0v) is 7.74. The van der Waals surface area contributed by atoms with E-state index in [1.807, 2.05) is 24.3 Å². The molecule has 0 aliphatic heterocycles. The topological polar surface area (TPSA) is 68.9 Å². The summed E-state index contributed by atoms with van der Waals surface area (Å²) < 4.78 is 0. The van der Waals surface area contributed by atoms with Crippen molar-refractivity contribution in [3.05, 3.63) is 40.7 Å². The number of hydrogen-bond donors (Lipinski definition) is 3. The van der Waals surface area contributed by atoms with Crippen LogP contribution < -0.4 is 5.56 Å². The fraction of sp³-hybridized carbons (Fsp3) is 0. The summed E-state index contributed by atoms with van der Waals surface area (Å²) in [6.07, 6.45) is 0. The Morgan fingerprint density at radius 1 is 1.07 bits per heavy atom. The van der Waals surface area contributed by atoms with E-state index in [-0.39, 0.29) is 11.4 Å². The van der Waals surface area contributed by atoms with Crippen molar-refractivity contribution in [3.63, 3.8) is 0 Å². The number of para-hydroxylation sites is 1. The molecule has 3 N–H and O–H groups in total. The molecule has 0 saturated carbocycles. The lowest BCUT2D eigenvalue weighted by Crippen LogP contribution is -2.01. The van der Waals surface area contributed by atoms with Crippen molar-refractivity contribution < 1.29 is 5.11 Å². The molecule has 74 valence electrons. The van der Waals surface area contributed by atoms with Crippen LogP contribution in [0.1, 0.15) is 0 Å². The fourth-order valence-corrected chi connectivity index (χ4v) is 1.85. The van der Waals surface area contributed by atoms with E-state index in [4.69, 9.17) is 0 Å². The van der Waals surface area contributed by atoms with Gasteiger partial charge in [-0.15, -0.1) is 0 Å².